The molecule has 1 N–H and O–H groups in total. The predicted octanol–water partition coefficient (Wildman–Crippen LogP) is 4.36. The van der Waals surface area contributed by atoms with Crippen LogP contribution in [0.2, 0.25) is 0 Å². The van der Waals surface area contributed by atoms with Gasteiger partial charge in [-0.15, -0.1) is 0 Å². The molecule has 1 aliphatic carbocycles. The molecule has 0 radical (unpaired) electrons. The number of rotatable bonds is 4. The van der Waals surface area contributed by atoms with E-state index in [0.29, 0.717) is 6.42 Å². The Labute approximate surface area is 111 Å². The van der Waals surface area contributed by atoms with Crippen molar-refractivity contribution in [3.63, 3.8) is 0 Å². The summed E-state index contributed by atoms with van der Waals surface area (Å²) in [6, 6.07) is 7.72. The Kier molecular flexibility index (Phi) is 4.60. The molecule has 17 heavy (non-hydrogen) atoms. The van der Waals surface area contributed by atoms with Crippen LogP contribution >= 0.6 is 15.9 Å². The van der Waals surface area contributed by atoms with E-state index < -0.39 is 0 Å². The van der Waals surface area contributed by atoms with E-state index in [1.807, 2.05) is 24.3 Å². The van der Waals surface area contributed by atoms with Crippen LogP contribution in [0.15, 0.2) is 28.7 Å². The molecule has 0 spiro atoms. The minimum atomic E-state index is 0.134. The molecular formula is C14H18BrNO. The van der Waals surface area contributed by atoms with Crippen LogP contribution < -0.4 is 5.32 Å². The van der Waals surface area contributed by atoms with E-state index in [-0.39, 0.29) is 5.91 Å². The zero-order valence-electron chi connectivity index (χ0n) is 9.92. The summed E-state index contributed by atoms with van der Waals surface area (Å²) in [6.45, 7) is 0. The summed E-state index contributed by atoms with van der Waals surface area (Å²) in [5, 5.41) is 2.94. The van der Waals surface area contributed by atoms with Gasteiger partial charge in [-0.25, -0.2) is 0 Å². The zero-order valence-corrected chi connectivity index (χ0v) is 11.5. The second-order valence-corrected chi connectivity index (χ2v) is 5.66. The molecule has 0 unspecified atom stereocenters. The molecule has 1 amide bonds. The fourth-order valence-corrected chi connectivity index (χ4v) is 2.82. The number of carbonyl (C=O) groups is 1. The third-order valence-corrected chi connectivity index (χ3v) is 3.86. The number of carbonyl (C=O) groups excluding carboxylic acids is 1. The van der Waals surface area contributed by atoms with E-state index >= 15 is 0 Å². The molecule has 0 bridgehead atoms. The van der Waals surface area contributed by atoms with Gasteiger partial charge in [0.2, 0.25) is 5.91 Å². The quantitative estimate of drug-likeness (QED) is 0.879. The highest BCUT2D eigenvalue weighted by Gasteiger charge is 2.16. The van der Waals surface area contributed by atoms with Gasteiger partial charge in [0, 0.05) is 16.6 Å². The number of nitrogens with one attached hydrogen (secondary N) is 1. The van der Waals surface area contributed by atoms with Crippen LogP contribution in [-0.4, -0.2) is 5.91 Å². The van der Waals surface area contributed by atoms with Crippen molar-refractivity contribution >= 4 is 27.5 Å². The molecular weight excluding hydrogens is 278 g/mol. The summed E-state index contributed by atoms with van der Waals surface area (Å²) in [5.74, 6) is 0.915. The van der Waals surface area contributed by atoms with Crippen LogP contribution in [0.4, 0.5) is 5.69 Å². The summed E-state index contributed by atoms with van der Waals surface area (Å²) in [7, 11) is 0. The van der Waals surface area contributed by atoms with Crippen molar-refractivity contribution in [1.82, 2.24) is 0 Å². The van der Waals surface area contributed by atoms with Gasteiger partial charge >= 0.3 is 0 Å². The van der Waals surface area contributed by atoms with Crippen molar-refractivity contribution in [2.45, 2.75) is 38.5 Å². The topological polar surface area (TPSA) is 29.1 Å². The molecule has 1 saturated carbocycles. The summed E-state index contributed by atoms with van der Waals surface area (Å²) in [4.78, 5) is 11.8. The average Bonchev–Trinajstić information content (AvgIpc) is 2.79. The van der Waals surface area contributed by atoms with Gasteiger partial charge in [0.25, 0.3) is 0 Å². The fraction of sp³-hybridized carbons (Fsp3) is 0.500. The lowest BCUT2D eigenvalue weighted by Gasteiger charge is -2.09. The largest absolute Gasteiger partial charge is 0.326 e. The number of hydrogen-bond donors (Lipinski definition) is 1. The van der Waals surface area contributed by atoms with E-state index in [1.165, 1.54) is 25.7 Å². The Bertz CT molecular complexity index is 386. The van der Waals surface area contributed by atoms with Crippen LogP contribution in [0.1, 0.15) is 38.5 Å². The molecule has 0 aliphatic heterocycles. The predicted molar refractivity (Wildman–Crippen MR) is 74.0 cm³/mol. The minimum Gasteiger partial charge on any atom is -0.326 e. The van der Waals surface area contributed by atoms with Crippen LogP contribution in [0.3, 0.4) is 0 Å². The molecule has 1 aromatic rings. The molecule has 2 nitrogen and oxygen atoms in total. The van der Waals surface area contributed by atoms with Crippen LogP contribution in [-0.2, 0) is 4.79 Å². The molecule has 92 valence electrons. The molecule has 0 atom stereocenters. The summed E-state index contributed by atoms with van der Waals surface area (Å²) in [5.41, 5.74) is 0.871. The maximum atomic E-state index is 11.8. The zero-order chi connectivity index (χ0) is 12.1. The first kappa shape index (κ1) is 12.6. The lowest BCUT2D eigenvalue weighted by Crippen LogP contribution is -2.12. The third-order valence-electron chi connectivity index (χ3n) is 3.36. The number of benzene rings is 1. The minimum absolute atomic E-state index is 0.134. The second-order valence-electron chi connectivity index (χ2n) is 4.75. The smallest absolute Gasteiger partial charge is 0.224 e. The van der Waals surface area contributed by atoms with Gasteiger partial charge in [-0.1, -0.05) is 47.7 Å². The van der Waals surface area contributed by atoms with E-state index in [0.717, 1.165) is 22.5 Å². The Balaban J connectivity index is 1.76. The van der Waals surface area contributed by atoms with Gasteiger partial charge in [-0.3, -0.25) is 4.79 Å². The highest BCUT2D eigenvalue weighted by atomic mass is 79.9. The first-order valence-corrected chi connectivity index (χ1v) is 7.09. The molecule has 1 fully saturated rings. The van der Waals surface area contributed by atoms with Crippen molar-refractivity contribution < 1.29 is 4.79 Å². The summed E-state index contributed by atoms with van der Waals surface area (Å²) >= 11 is 3.39. The van der Waals surface area contributed by atoms with Crippen molar-refractivity contribution in [1.29, 1.82) is 0 Å². The standard InChI is InChI=1S/C14H18BrNO/c15-12-6-3-7-13(10-12)16-14(17)9-8-11-4-1-2-5-11/h3,6-7,10-11H,1-2,4-5,8-9H2,(H,16,17). The summed E-state index contributed by atoms with van der Waals surface area (Å²) in [6.07, 6.45) is 7.00. The van der Waals surface area contributed by atoms with Gasteiger partial charge in [0.05, 0.1) is 0 Å². The van der Waals surface area contributed by atoms with E-state index in [4.69, 9.17) is 0 Å². The van der Waals surface area contributed by atoms with Gasteiger partial charge in [0.1, 0.15) is 0 Å². The molecule has 1 aromatic carbocycles. The summed E-state index contributed by atoms with van der Waals surface area (Å²) < 4.78 is 0.992. The molecule has 0 heterocycles. The van der Waals surface area contributed by atoms with Crippen LogP contribution in [0.5, 0.6) is 0 Å². The Morgan fingerprint density at radius 3 is 2.82 bits per heavy atom. The molecule has 0 aromatic heterocycles. The second kappa shape index (κ2) is 6.20. The molecule has 0 saturated heterocycles. The van der Waals surface area contributed by atoms with Crippen molar-refractivity contribution in [2.75, 3.05) is 5.32 Å². The monoisotopic (exact) mass is 295 g/mol. The average molecular weight is 296 g/mol. The van der Waals surface area contributed by atoms with Gasteiger partial charge < -0.3 is 5.32 Å². The number of hydrogen-bond acceptors (Lipinski definition) is 1. The number of anilines is 1. The van der Waals surface area contributed by atoms with Crippen LogP contribution in [0.25, 0.3) is 0 Å². The van der Waals surface area contributed by atoms with E-state index in [1.54, 1.807) is 0 Å². The Hall–Kier alpha value is -0.830. The highest BCUT2D eigenvalue weighted by molar-refractivity contribution is 9.10. The van der Waals surface area contributed by atoms with Gasteiger partial charge in [0.15, 0.2) is 0 Å². The van der Waals surface area contributed by atoms with Crippen molar-refractivity contribution in [2.24, 2.45) is 5.92 Å². The van der Waals surface area contributed by atoms with Gasteiger partial charge in [-0.05, 0) is 30.5 Å². The third kappa shape index (κ3) is 4.15. The van der Waals surface area contributed by atoms with E-state index in [9.17, 15) is 4.79 Å². The maximum absolute atomic E-state index is 11.8. The normalized spacial score (nSPS) is 16.1. The molecule has 3 heteroatoms. The van der Waals surface area contributed by atoms with Crippen LogP contribution in [0, 0.1) is 5.92 Å². The number of halogens is 1. The lowest BCUT2D eigenvalue weighted by molar-refractivity contribution is -0.116. The Morgan fingerprint density at radius 2 is 2.12 bits per heavy atom. The lowest BCUT2D eigenvalue weighted by atomic mass is 10.0. The molecule has 1 aliphatic rings. The fourth-order valence-electron chi connectivity index (χ4n) is 2.42. The SMILES string of the molecule is O=C(CCC1CCCC1)Nc1cccc(Br)c1. The molecule has 2 rings (SSSR count). The first-order chi connectivity index (χ1) is 8.24. The highest BCUT2D eigenvalue weighted by Crippen LogP contribution is 2.28. The Morgan fingerprint density at radius 1 is 1.35 bits per heavy atom. The maximum Gasteiger partial charge on any atom is 0.224 e. The van der Waals surface area contributed by atoms with Crippen molar-refractivity contribution in [3.05, 3.63) is 28.7 Å². The first-order valence-electron chi connectivity index (χ1n) is 6.29. The van der Waals surface area contributed by atoms with Crippen molar-refractivity contribution in [3.8, 4) is 0 Å². The number of amides is 1. The van der Waals surface area contributed by atoms with E-state index in [2.05, 4.69) is 21.2 Å². The van der Waals surface area contributed by atoms with Gasteiger partial charge in [-0.2, -0.15) is 0 Å².